The van der Waals surface area contributed by atoms with Crippen molar-refractivity contribution < 1.29 is 4.74 Å². The Morgan fingerprint density at radius 1 is 1.08 bits per heavy atom. The molecule has 0 aliphatic heterocycles. The Balaban J connectivity index is 1.79. The second-order valence-electron chi connectivity index (χ2n) is 5.39. The lowest BCUT2D eigenvalue weighted by Crippen LogP contribution is -2.36. The summed E-state index contributed by atoms with van der Waals surface area (Å²) in [7, 11) is 1.60. The molecule has 0 bridgehead atoms. The predicted octanol–water partition coefficient (Wildman–Crippen LogP) is 2.35. The van der Waals surface area contributed by atoms with E-state index in [1.165, 1.54) is 0 Å². The fraction of sp³-hybridized carbons (Fsp3) is 0.167. The Morgan fingerprint density at radius 2 is 1.88 bits per heavy atom. The summed E-state index contributed by atoms with van der Waals surface area (Å²) in [4.78, 5) is 27.9. The number of nitrogens with one attached hydrogen (secondary N) is 2. The van der Waals surface area contributed by atoms with Crippen molar-refractivity contribution >= 4 is 17.1 Å². The standard InChI is InChI=1S/C18H17N3O3/c1-11-9-13(24-2)6-7-14(11)21-16-15(17(22)18(16)23)20-10-12-5-3-4-8-19-12/h3-9,20-21H,10H2,1-2H3. The van der Waals surface area contributed by atoms with Crippen LogP contribution in [-0.2, 0) is 6.54 Å². The van der Waals surface area contributed by atoms with Crippen molar-refractivity contribution in [1.82, 2.24) is 4.98 Å². The Hall–Kier alpha value is -3.15. The molecule has 1 aromatic heterocycles. The van der Waals surface area contributed by atoms with Crippen molar-refractivity contribution in [3.8, 4) is 5.75 Å². The average Bonchev–Trinajstić information content (AvgIpc) is 2.62. The van der Waals surface area contributed by atoms with Crippen LogP contribution in [0.2, 0.25) is 0 Å². The molecule has 24 heavy (non-hydrogen) atoms. The minimum Gasteiger partial charge on any atom is -0.497 e. The fourth-order valence-corrected chi connectivity index (χ4v) is 2.40. The largest absolute Gasteiger partial charge is 0.497 e. The number of ether oxygens (including phenoxy) is 1. The third kappa shape index (κ3) is 2.99. The van der Waals surface area contributed by atoms with Crippen LogP contribution in [0.3, 0.4) is 0 Å². The van der Waals surface area contributed by atoms with Crippen molar-refractivity contribution in [2.75, 3.05) is 17.7 Å². The van der Waals surface area contributed by atoms with Crippen molar-refractivity contribution in [3.63, 3.8) is 0 Å². The maximum absolute atomic E-state index is 11.9. The van der Waals surface area contributed by atoms with E-state index in [0.29, 0.717) is 12.2 Å². The maximum Gasteiger partial charge on any atom is 0.253 e. The molecule has 0 spiro atoms. The van der Waals surface area contributed by atoms with Gasteiger partial charge in [-0.2, -0.15) is 0 Å². The van der Waals surface area contributed by atoms with Gasteiger partial charge in [0.1, 0.15) is 17.1 Å². The van der Waals surface area contributed by atoms with Crippen LogP contribution in [-0.4, -0.2) is 12.1 Å². The van der Waals surface area contributed by atoms with E-state index in [1.54, 1.807) is 19.4 Å². The number of benzene rings is 1. The average molecular weight is 323 g/mol. The van der Waals surface area contributed by atoms with E-state index in [0.717, 1.165) is 22.7 Å². The van der Waals surface area contributed by atoms with Gasteiger partial charge < -0.3 is 15.4 Å². The number of anilines is 3. The van der Waals surface area contributed by atoms with Gasteiger partial charge in [0.25, 0.3) is 10.9 Å². The number of aryl methyl sites for hydroxylation is 1. The van der Waals surface area contributed by atoms with E-state index in [1.807, 2.05) is 37.3 Å². The van der Waals surface area contributed by atoms with E-state index in [-0.39, 0.29) is 5.69 Å². The molecule has 0 radical (unpaired) electrons. The second-order valence-corrected chi connectivity index (χ2v) is 5.39. The molecule has 1 heterocycles. The molecular weight excluding hydrogens is 306 g/mol. The first-order chi connectivity index (χ1) is 11.6. The SMILES string of the molecule is COc1ccc(Nc2c(NCc3ccccn3)c(=O)c2=O)c(C)c1. The first-order valence-corrected chi connectivity index (χ1v) is 7.49. The third-order valence-corrected chi connectivity index (χ3v) is 3.78. The van der Waals surface area contributed by atoms with Crippen LogP contribution in [0.4, 0.5) is 17.1 Å². The molecule has 6 heteroatoms. The molecular formula is C18H17N3O3. The molecule has 6 nitrogen and oxygen atoms in total. The normalized spacial score (nSPS) is 10.6. The highest BCUT2D eigenvalue weighted by Gasteiger charge is 2.21. The predicted molar refractivity (Wildman–Crippen MR) is 93.9 cm³/mol. The van der Waals surface area contributed by atoms with Gasteiger partial charge in [0, 0.05) is 11.9 Å². The number of nitrogens with zero attached hydrogens (tertiary/aromatic N) is 1. The van der Waals surface area contributed by atoms with Crippen LogP contribution in [0.1, 0.15) is 11.3 Å². The van der Waals surface area contributed by atoms with Crippen molar-refractivity contribution in [2.24, 2.45) is 0 Å². The lowest BCUT2D eigenvalue weighted by Gasteiger charge is -2.16. The minimum atomic E-state index is -0.520. The molecule has 0 saturated carbocycles. The quantitative estimate of drug-likeness (QED) is 0.678. The van der Waals surface area contributed by atoms with Crippen LogP contribution < -0.4 is 26.2 Å². The monoisotopic (exact) mass is 323 g/mol. The third-order valence-electron chi connectivity index (χ3n) is 3.78. The summed E-state index contributed by atoms with van der Waals surface area (Å²) in [5, 5.41) is 6.02. The Kier molecular flexibility index (Phi) is 4.29. The highest BCUT2D eigenvalue weighted by Crippen LogP contribution is 2.26. The summed E-state index contributed by atoms with van der Waals surface area (Å²) in [6, 6.07) is 11.0. The van der Waals surface area contributed by atoms with Crippen LogP contribution in [0.15, 0.2) is 52.2 Å². The highest BCUT2D eigenvalue weighted by molar-refractivity contribution is 5.79. The van der Waals surface area contributed by atoms with Gasteiger partial charge in [-0.3, -0.25) is 14.6 Å². The zero-order valence-corrected chi connectivity index (χ0v) is 13.4. The van der Waals surface area contributed by atoms with E-state index in [2.05, 4.69) is 15.6 Å². The molecule has 0 amide bonds. The summed E-state index contributed by atoms with van der Waals surface area (Å²) in [6.45, 7) is 2.28. The molecule has 0 fully saturated rings. The summed E-state index contributed by atoms with van der Waals surface area (Å²) in [6.07, 6.45) is 1.68. The topological polar surface area (TPSA) is 80.3 Å². The number of hydrogen-bond donors (Lipinski definition) is 2. The Bertz CT molecular complexity index is 929. The minimum absolute atomic E-state index is 0.282. The number of rotatable bonds is 6. The van der Waals surface area contributed by atoms with Gasteiger partial charge in [-0.15, -0.1) is 0 Å². The molecule has 0 atom stereocenters. The second kappa shape index (κ2) is 6.54. The van der Waals surface area contributed by atoms with Gasteiger partial charge in [0.05, 0.1) is 19.3 Å². The summed E-state index contributed by atoms with van der Waals surface area (Å²) >= 11 is 0. The summed E-state index contributed by atoms with van der Waals surface area (Å²) in [5.41, 5.74) is 2.00. The molecule has 3 rings (SSSR count). The van der Waals surface area contributed by atoms with E-state index < -0.39 is 10.9 Å². The lowest BCUT2D eigenvalue weighted by molar-refractivity contribution is 0.414. The smallest absolute Gasteiger partial charge is 0.253 e. The molecule has 0 unspecified atom stereocenters. The Labute approximate surface area is 138 Å². The molecule has 2 aromatic carbocycles. The lowest BCUT2D eigenvalue weighted by atomic mass is 10.1. The van der Waals surface area contributed by atoms with Crippen molar-refractivity contribution in [1.29, 1.82) is 0 Å². The molecule has 0 aliphatic carbocycles. The first-order valence-electron chi connectivity index (χ1n) is 7.49. The maximum atomic E-state index is 11.9. The zero-order chi connectivity index (χ0) is 17.1. The highest BCUT2D eigenvalue weighted by atomic mass is 16.5. The van der Waals surface area contributed by atoms with Crippen LogP contribution >= 0.6 is 0 Å². The van der Waals surface area contributed by atoms with Gasteiger partial charge in [0.2, 0.25) is 0 Å². The molecule has 2 N–H and O–H groups in total. The van der Waals surface area contributed by atoms with Gasteiger partial charge in [-0.1, -0.05) is 6.07 Å². The van der Waals surface area contributed by atoms with Gasteiger partial charge in [0.15, 0.2) is 0 Å². The summed E-state index contributed by atoms with van der Waals surface area (Å²) in [5.74, 6) is 0.733. The fourth-order valence-electron chi connectivity index (χ4n) is 2.40. The van der Waals surface area contributed by atoms with Crippen molar-refractivity contribution in [2.45, 2.75) is 13.5 Å². The van der Waals surface area contributed by atoms with Crippen LogP contribution in [0.5, 0.6) is 5.75 Å². The molecule has 0 aliphatic rings. The van der Waals surface area contributed by atoms with Crippen molar-refractivity contribution in [3.05, 3.63) is 74.3 Å². The number of hydrogen-bond acceptors (Lipinski definition) is 6. The zero-order valence-electron chi connectivity index (χ0n) is 13.4. The molecule has 0 saturated heterocycles. The summed E-state index contributed by atoms with van der Waals surface area (Å²) < 4.78 is 5.16. The molecule has 3 aromatic rings. The van der Waals surface area contributed by atoms with E-state index in [4.69, 9.17) is 4.74 Å². The Morgan fingerprint density at radius 3 is 2.54 bits per heavy atom. The van der Waals surface area contributed by atoms with Gasteiger partial charge >= 0.3 is 0 Å². The first kappa shape index (κ1) is 15.7. The van der Waals surface area contributed by atoms with E-state index >= 15 is 0 Å². The van der Waals surface area contributed by atoms with Crippen LogP contribution in [0.25, 0.3) is 0 Å². The number of pyridine rings is 1. The number of aromatic nitrogens is 1. The molecule has 122 valence electrons. The van der Waals surface area contributed by atoms with Gasteiger partial charge in [-0.05, 0) is 42.8 Å². The van der Waals surface area contributed by atoms with Crippen LogP contribution in [0, 0.1) is 6.92 Å². The van der Waals surface area contributed by atoms with Gasteiger partial charge in [-0.25, -0.2) is 0 Å². The van der Waals surface area contributed by atoms with E-state index in [9.17, 15) is 9.59 Å². The number of methoxy groups -OCH3 is 1.